The summed E-state index contributed by atoms with van der Waals surface area (Å²) in [4.78, 5) is 23.1. The van der Waals surface area contributed by atoms with Crippen LogP contribution in [0.2, 0.25) is 0 Å². The molecular weight excluding hydrogens is 248 g/mol. The van der Waals surface area contributed by atoms with Gasteiger partial charge in [-0.05, 0) is 18.2 Å². The summed E-state index contributed by atoms with van der Waals surface area (Å²) in [5.74, 6) is -1.57. The Labute approximate surface area is 112 Å². The first-order valence-corrected chi connectivity index (χ1v) is 5.91. The summed E-state index contributed by atoms with van der Waals surface area (Å²) in [6.45, 7) is 3.13. The zero-order valence-electron chi connectivity index (χ0n) is 11.5. The van der Waals surface area contributed by atoms with Crippen LogP contribution in [0.25, 0.3) is 0 Å². The Morgan fingerprint density at radius 2 is 1.63 bits per heavy atom. The van der Waals surface area contributed by atoms with E-state index >= 15 is 0 Å². The molecule has 0 amide bonds. The van der Waals surface area contributed by atoms with Gasteiger partial charge in [0, 0.05) is 11.5 Å². The van der Waals surface area contributed by atoms with Gasteiger partial charge >= 0.3 is 5.97 Å². The van der Waals surface area contributed by atoms with Crippen molar-refractivity contribution in [1.82, 2.24) is 0 Å². The Balaban J connectivity index is 3.03. The number of carbonyl (C=O) groups is 2. The highest BCUT2D eigenvalue weighted by atomic mass is 16.5. The number of carbonyl (C=O) groups excluding carboxylic acids is 1. The summed E-state index contributed by atoms with van der Waals surface area (Å²) < 4.78 is 10.2. The van der Waals surface area contributed by atoms with Gasteiger partial charge in [0.25, 0.3) is 0 Å². The van der Waals surface area contributed by atoms with Crippen LogP contribution >= 0.6 is 0 Å². The summed E-state index contributed by atoms with van der Waals surface area (Å²) in [5, 5.41) is 8.93. The van der Waals surface area contributed by atoms with Crippen molar-refractivity contribution < 1.29 is 24.2 Å². The molecule has 19 heavy (non-hydrogen) atoms. The number of hydrogen-bond acceptors (Lipinski definition) is 4. The first-order valence-electron chi connectivity index (χ1n) is 5.91. The maximum atomic E-state index is 12.2. The van der Waals surface area contributed by atoms with Crippen LogP contribution in [-0.4, -0.2) is 31.1 Å². The molecule has 1 aromatic rings. The molecule has 1 aromatic carbocycles. The molecule has 0 bridgehead atoms. The molecule has 0 aliphatic carbocycles. The minimum atomic E-state index is -0.985. The van der Waals surface area contributed by atoms with Crippen molar-refractivity contribution in [3.8, 4) is 11.5 Å². The predicted molar refractivity (Wildman–Crippen MR) is 69.8 cm³/mol. The van der Waals surface area contributed by atoms with Crippen LogP contribution < -0.4 is 9.47 Å². The Kier molecular flexibility index (Phi) is 4.92. The van der Waals surface area contributed by atoms with E-state index in [0.29, 0.717) is 17.1 Å². The third-order valence-corrected chi connectivity index (χ3v) is 3.22. The molecule has 0 aliphatic rings. The fourth-order valence-electron chi connectivity index (χ4n) is 1.69. The molecule has 2 atom stereocenters. The van der Waals surface area contributed by atoms with Crippen LogP contribution in [0, 0.1) is 11.8 Å². The quantitative estimate of drug-likeness (QED) is 0.799. The zero-order chi connectivity index (χ0) is 14.6. The molecule has 0 aliphatic heterocycles. The molecule has 0 aromatic heterocycles. The van der Waals surface area contributed by atoms with Crippen LogP contribution in [-0.2, 0) is 4.79 Å². The first kappa shape index (κ1) is 15.0. The number of carboxylic acids is 1. The lowest BCUT2D eigenvalue weighted by molar-refractivity contribution is -0.142. The number of rotatable bonds is 6. The lowest BCUT2D eigenvalue weighted by Crippen LogP contribution is -2.25. The second-order valence-electron chi connectivity index (χ2n) is 4.35. The minimum absolute atomic E-state index is 0.226. The Bertz CT molecular complexity index is 481. The lowest BCUT2D eigenvalue weighted by atomic mass is 9.88. The van der Waals surface area contributed by atoms with Crippen molar-refractivity contribution in [3.05, 3.63) is 23.8 Å². The third kappa shape index (κ3) is 3.24. The number of aliphatic carboxylic acids is 1. The summed E-state index contributed by atoms with van der Waals surface area (Å²) in [5.41, 5.74) is 0.415. The molecule has 0 fully saturated rings. The van der Waals surface area contributed by atoms with E-state index in [1.807, 2.05) is 0 Å². The number of ketones is 1. The van der Waals surface area contributed by atoms with Gasteiger partial charge in [0.05, 0.1) is 20.1 Å². The van der Waals surface area contributed by atoms with E-state index in [9.17, 15) is 9.59 Å². The molecule has 5 nitrogen and oxygen atoms in total. The van der Waals surface area contributed by atoms with Crippen molar-refractivity contribution in [2.75, 3.05) is 14.2 Å². The van der Waals surface area contributed by atoms with E-state index in [-0.39, 0.29) is 5.78 Å². The SMILES string of the molecule is COc1ccc(C(=O)[C@H](C)[C@H](C)C(=O)O)cc1OC. The number of benzene rings is 1. The van der Waals surface area contributed by atoms with E-state index in [1.54, 1.807) is 25.1 Å². The summed E-state index contributed by atoms with van der Waals surface area (Å²) in [6.07, 6.45) is 0. The molecule has 0 saturated carbocycles. The number of Topliss-reactive ketones (excluding diaryl/α,β-unsaturated/α-hetero) is 1. The van der Waals surface area contributed by atoms with Crippen molar-refractivity contribution in [2.24, 2.45) is 11.8 Å². The molecule has 104 valence electrons. The Morgan fingerprint density at radius 3 is 2.11 bits per heavy atom. The van der Waals surface area contributed by atoms with Gasteiger partial charge in [0.2, 0.25) is 0 Å². The van der Waals surface area contributed by atoms with Crippen LogP contribution in [0.4, 0.5) is 0 Å². The third-order valence-electron chi connectivity index (χ3n) is 3.22. The molecule has 0 saturated heterocycles. The van der Waals surface area contributed by atoms with Crippen molar-refractivity contribution in [3.63, 3.8) is 0 Å². The van der Waals surface area contributed by atoms with E-state index < -0.39 is 17.8 Å². The average molecular weight is 266 g/mol. The van der Waals surface area contributed by atoms with Gasteiger partial charge in [-0.3, -0.25) is 9.59 Å². The van der Waals surface area contributed by atoms with Crippen LogP contribution in [0.15, 0.2) is 18.2 Å². The average Bonchev–Trinajstić information content (AvgIpc) is 2.43. The highest BCUT2D eigenvalue weighted by molar-refractivity contribution is 6.00. The largest absolute Gasteiger partial charge is 0.493 e. The van der Waals surface area contributed by atoms with Gasteiger partial charge in [0.1, 0.15) is 0 Å². The molecule has 1 N–H and O–H groups in total. The molecule has 0 radical (unpaired) electrons. The maximum absolute atomic E-state index is 12.2. The van der Waals surface area contributed by atoms with Crippen LogP contribution in [0.5, 0.6) is 11.5 Å². The molecule has 5 heteroatoms. The van der Waals surface area contributed by atoms with E-state index in [4.69, 9.17) is 14.6 Å². The number of carboxylic acid groups (broad SMARTS) is 1. The Morgan fingerprint density at radius 1 is 1.05 bits per heavy atom. The summed E-state index contributed by atoms with van der Waals surface area (Å²) in [6, 6.07) is 4.80. The monoisotopic (exact) mass is 266 g/mol. The van der Waals surface area contributed by atoms with Crippen LogP contribution in [0.3, 0.4) is 0 Å². The van der Waals surface area contributed by atoms with Gasteiger partial charge in [-0.15, -0.1) is 0 Å². The van der Waals surface area contributed by atoms with Gasteiger partial charge in [-0.25, -0.2) is 0 Å². The van der Waals surface area contributed by atoms with Crippen molar-refractivity contribution in [2.45, 2.75) is 13.8 Å². The molecule has 0 unspecified atom stereocenters. The number of hydrogen-bond donors (Lipinski definition) is 1. The maximum Gasteiger partial charge on any atom is 0.306 e. The predicted octanol–water partition coefficient (Wildman–Crippen LogP) is 2.24. The first-order chi connectivity index (χ1) is 8.92. The van der Waals surface area contributed by atoms with Gasteiger partial charge in [-0.1, -0.05) is 13.8 Å². The second-order valence-corrected chi connectivity index (χ2v) is 4.35. The van der Waals surface area contributed by atoms with Gasteiger partial charge < -0.3 is 14.6 Å². The highest BCUT2D eigenvalue weighted by Crippen LogP contribution is 2.29. The fourth-order valence-corrected chi connectivity index (χ4v) is 1.69. The highest BCUT2D eigenvalue weighted by Gasteiger charge is 2.27. The summed E-state index contributed by atoms with van der Waals surface area (Å²) in [7, 11) is 2.99. The van der Waals surface area contributed by atoms with Crippen LogP contribution in [0.1, 0.15) is 24.2 Å². The smallest absolute Gasteiger partial charge is 0.306 e. The minimum Gasteiger partial charge on any atom is -0.493 e. The zero-order valence-corrected chi connectivity index (χ0v) is 11.5. The van der Waals surface area contributed by atoms with Crippen molar-refractivity contribution in [1.29, 1.82) is 0 Å². The lowest BCUT2D eigenvalue weighted by Gasteiger charge is -2.16. The fraction of sp³-hybridized carbons (Fsp3) is 0.429. The molecule has 0 spiro atoms. The second kappa shape index (κ2) is 6.22. The number of methoxy groups -OCH3 is 2. The van der Waals surface area contributed by atoms with E-state index in [2.05, 4.69) is 0 Å². The number of ether oxygens (including phenoxy) is 2. The topological polar surface area (TPSA) is 72.8 Å². The Hall–Kier alpha value is -2.04. The van der Waals surface area contributed by atoms with E-state index in [0.717, 1.165) is 0 Å². The summed E-state index contributed by atoms with van der Waals surface area (Å²) >= 11 is 0. The van der Waals surface area contributed by atoms with Gasteiger partial charge in [0.15, 0.2) is 17.3 Å². The van der Waals surface area contributed by atoms with Crippen molar-refractivity contribution >= 4 is 11.8 Å². The normalized spacial score (nSPS) is 13.5. The molecule has 0 heterocycles. The molecular formula is C14H18O5. The standard InChI is InChI=1S/C14H18O5/c1-8(9(2)14(16)17)13(15)10-5-6-11(18-3)12(7-10)19-4/h5-9H,1-4H3,(H,16,17)/t8-,9+/m1/s1. The van der Waals surface area contributed by atoms with Gasteiger partial charge in [-0.2, -0.15) is 0 Å². The molecule has 1 rings (SSSR count). The van der Waals surface area contributed by atoms with E-state index in [1.165, 1.54) is 21.1 Å².